The van der Waals surface area contributed by atoms with Gasteiger partial charge < -0.3 is 5.32 Å². The molecular weight excluding hydrogens is 394 g/mol. The summed E-state index contributed by atoms with van der Waals surface area (Å²) in [5.74, 6) is -0.115. The average molecular weight is 418 g/mol. The van der Waals surface area contributed by atoms with Gasteiger partial charge in [-0.15, -0.1) is 0 Å². The van der Waals surface area contributed by atoms with E-state index in [2.05, 4.69) is 46.7 Å². The zero-order valence-corrected chi connectivity index (χ0v) is 17.6. The van der Waals surface area contributed by atoms with Crippen LogP contribution in [0.15, 0.2) is 120 Å². The highest BCUT2D eigenvalue weighted by Crippen LogP contribution is 2.36. The van der Waals surface area contributed by atoms with Crippen molar-refractivity contribution in [3.63, 3.8) is 0 Å². The van der Waals surface area contributed by atoms with E-state index in [9.17, 15) is 4.79 Å². The number of hydrogen-bond acceptors (Lipinski definition) is 3. The average Bonchev–Trinajstić information content (AvgIpc) is 3.32. The van der Waals surface area contributed by atoms with Crippen molar-refractivity contribution < 1.29 is 4.79 Å². The number of anilines is 2. The first-order valence-electron chi connectivity index (χ1n) is 10.7. The van der Waals surface area contributed by atoms with Crippen molar-refractivity contribution in [3.8, 4) is 0 Å². The van der Waals surface area contributed by atoms with Gasteiger partial charge in [0, 0.05) is 17.7 Å². The lowest BCUT2D eigenvalue weighted by molar-refractivity contribution is 0.102. The Morgan fingerprint density at radius 1 is 0.750 bits per heavy atom. The molecule has 1 N–H and O–H groups in total. The van der Waals surface area contributed by atoms with Crippen LogP contribution in [0.3, 0.4) is 0 Å². The molecule has 5 rings (SSSR count). The number of hydrazone groups is 1. The third-order valence-corrected chi connectivity index (χ3v) is 5.63. The van der Waals surface area contributed by atoms with Crippen molar-refractivity contribution >= 4 is 23.0 Å². The number of nitrogens with one attached hydrogen (secondary N) is 1. The lowest BCUT2D eigenvalue weighted by atomic mass is 9.98. The minimum atomic E-state index is -0.115. The van der Waals surface area contributed by atoms with E-state index in [0.29, 0.717) is 5.56 Å². The number of para-hydroxylation sites is 1. The lowest BCUT2D eigenvalue weighted by Gasteiger charge is -2.23. The second kappa shape index (κ2) is 8.90. The van der Waals surface area contributed by atoms with E-state index in [1.165, 1.54) is 5.56 Å². The summed E-state index contributed by atoms with van der Waals surface area (Å²) in [7, 11) is 0. The van der Waals surface area contributed by atoms with Crippen LogP contribution in [-0.2, 0) is 0 Å². The molecule has 0 aliphatic carbocycles. The molecule has 4 heteroatoms. The fourth-order valence-corrected chi connectivity index (χ4v) is 3.98. The van der Waals surface area contributed by atoms with Gasteiger partial charge in [-0.1, -0.05) is 78.9 Å². The molecule has 156 valence electrons. The smallest absolute Gasteiger partial charge is 0.255 e. The van der Waals surface area contributed by atoms with E-state index < -0.39 is 0 Å². The Morgan fingerprint density at radius 3 is 2.00 bits per heavy atom. The molecule has 1 amide bonds. The molecule has 0 saturated carbocycles. The van der Waals surface area contributed by atoms with Crippen molar-refractivity contribution in [1.29, 1.82) is 0 Å². The lowest BCUT2D eigenvalue weighted by Crippen LogP contribution is -2.18. The van der Waals surface area contributed by atoms with E-state index in [4.69, 9.17) is 5.10 Å². The Labute approximate surface area is 187 Å². The summed E-state index contributed by atoms with van der Waals surface area (Å²) in [5, 5.41) is 10.1. The molecule has 1 atom stereocenters. The summed E-state index contributed by atoms with van der Waals surface area (Å²) in [4.78, 5) is 12.4. The highest BCUT2D eigenvalue weighted by molar-refractivity contribution is 6.06. The summed E-state index contributed by atoms with van der Waals surface area (Å²) in [6.45, 7) is 0. The van der Waals surface area contributed by atoms with E-state index in [1.54, 1.807) is 12.1 Å². The van der Waals surface area contributed by atoms with Gasteiger partial charge in [0.25, 0.3) is 5.91 Å². The Morgan fingerprint density at radius 2 is 1.34 bits per heavy atom. The Kier molecular flexibility index (Phi) is 5.50. The van der Waals surface area contributed by atoms with Crippen LogP contribution in [-0.4, -0.2) is 11.6 Å². The molecule has 32 heavy (non-hydrogen) atoms. The molecule has 1 aliphatic heterocycles. The van der Waals surface area contributed by atoms with Crippen molar-refractivity contribution in [2.24, 2.45) is 5.10 Å². The maximum absolute atomic E-state index is 12.4. The van der Waals surface area contributed by atoms with Gasteiger partial charge in [0.2, 0.25) is 0 Å². The molecule has 0 spiro atoms. The second-order valence-corrected chi connectivity index (χ2v) is 7.75. The van der Waals surface area contributed by atoms with E-state index in [-0.39, 0.29) is 11.9 Å². The minimum absolute atomic E-state index is 0.115. The molecule has 1 unspecified atom stereocenters. The topological polar surface area (TPSA) is 44.7 Å². The summed E-state index contributed by atoms with van der Waals surface area (Å²) >= 11 is 0. The first-order chi connectivity index (χ1) is 15.8. The van der Waals surface area contributed by atoms with Crippen molar-refractivity contribution in [3.05, 3.63) is 132 Å². The summed E-state index contributed by atoms with van der Waals surface area (Å²) in [6.07, 6.45) is 0.814. The predicted octanol–water partition coefficient (Wildman–Crippen LogP) is 6.29. The van der Waals surface area contributed by atoms with Crippen molar-refractivity contribution in [2.75, 3.05) is 10.3 Å². The highest BCUT2D eigenvalue weighted by Gasteiger charge is 2.29. The fraction of sp³-hybridized carbons (Fsp3) is 0.0714. The molecular formula is C28H23N3O. The largest absolute Gasteiger partial charge is 0.322 e. The van der Waals surface area contributed by atoms with Crippen LogP contribution in [0.1, 0.15) is 33.9 Å². The van der Waals surface area contributed by atoms with Gasteiger partial charge in [0.15, 0.2) is 0 Å². The van der Waals surface area contributed by atoms with Crippen LogP contribution in [0.25, 0.3) is 0 Å². The number of benzene rings is 4. The first-order valence-corrected chi connectivity index (χ1v) is 10.7. The maximum atomic E-state index is 12.4. The van der Waals surface area contributed by atoms with Crippen LogP contribution in [0.4, 0.5) is 11.4 Å². The summed E-state index contributed by atoms with van der Waals surface area (Å²) in [6, 6.07) is 38.0. The molecule has 4 nitrogen and oxygen atoms in total. The van der Waals surface area contributed by atoms with Gasteiger partial charge in [-0.2, -0.15) is 5.10 Å². The number of rotatable bonds is 5. The molecule has 0 aromatic heterocycles. The third-order valence-electron chi connectivity index (χ3n) is 5.63. The zero-order valence-electron chi connectivity index (χ0n) is 17.6. The molecule has 1 aliphatic rings. The van der Waals surface area contributed by atoms with E-state index in [1.807, 2.05) is 66.7 Å². The Hall–Kier alpha value is -4.18. The number of amides is 1. The van der Waals surface area contributed by atoms with E-state index in [0.717, 1.165) is 29.1 Å². The van der Waals surface area contributed by atoms with Crippen LogP contribution in [0.5, 0.6) is 0 Å². The molecule has 0 fully saturated rings. The monoisotopic (exact) mass is 417 g/mol. The van der Waals surface area contributed by atoms with Crippen LogP contribution in [0, 0.1) is 0 Å². The normalized spacial score (nSPS) is 15.3. The molecule has 4 aromatic carbocycles. The first kappa shape index (κ1) is 19.8. The van der Waals surface area contributed by atoms with Gasteiger partial charge >= 0.3 is 0 Å². The number of hydrogen-bond donors (Lipinski definition) is 1. The highest BCUT2D eigenvalue weighted by atomic mass is 16.1. The molecule has 0 radical (unpaired) electrons. The Balaban J connectivity index is 1.38. The molecule has 0 bridgehead atoms. The third kappa shape index (κ3) is 4.16. The number of carbonyl (C=O) groups is 1. The standard InChI is InChI=1S/C28H23N3O/c32-28(23-12-6-2-7-13-23)29-24-18-16-21(17-19-24)26-20-27(22-10-4-1-5-11-22)31(30-26)25-14-8-3-9-15-25/h1-19,27H,20H2,(H,29,32). The minimum Gasteiger partial charge on any atom is -0.322 e. The fourth-order valence-electron chi connectivity index (χ4n) is 3.98. The Bertz CT molecular complexity index is 1220. The van der Waals surface area contributed by atoms with Crippen molar-refractivity contribution in [2.45, 2.75) is 12.5 Å². The molecule has 0 saturated heterocycles. The molecule has 1 heterocycles. The van der Waals surface area contributed by atoms with Crippen LogP contribution >= 0.6 is 0 Å². The maximum Gasteiger partial charge on any atom is 0.255 e. The number of nitrogens with zero attached hydrogens (tertiary/aromatic N) is 2. The van der Waals surface area contributed by atoms with Gasteiger partial charge in [0.1, 0.15) is 0 Å². The zero-order chi connectivity index (χ0) is 21.8. The second-order valence-electron chi connectivity index (χ2n) is 7.75. The van der Waals surface area contributed by atoms with Gasteiger partial charge in [-0.3, -0.25) is 9.80 Å². The SMILES string of the molecule is O=C(Nc1ccc(C2=NN(c3ccccc3)C(c3ccccc3)C2)cc1)c1ccccc1. The number of carbonyl (C=O) groups excluding carboxylic acids is 1. The molecule has 4 aromatic rings. The van der Waals surface area contributed by atoms with Gasteiger partial charge in [-0.25, -0.2) is 0 Å². The predicted molar refractivity (Wildman–Crippen MR) is 130 cm³/mol. The van der Waals surface area contributed by atoms with E-state index >= 15 is 0 Å². The van der Waals surface area contributed by atoms with Crippen molar-refractivity contribution in [1.82, 2.24) is 0 Å². The van der Waals surface area contributed by atoms with Gasteiger partial charge in [-0.05, 0) is 47.5 Å². The van der Waals surface area contributed by atoms with Gasteiger partial charge in [0.05, 0.1) is 17.4 Å². The quantitative estimate of drug-likeness (QED) is 0.414. The summed E-state index contributed by atoms with van der Waals surface area (Å²) in [5.41, 5.74) is 5.80. The van der Waals surface area contributed by atoms with Crippen LogP contribution < -0.4 is 10.3 Å². The summed E-state index contributed by atoms with van der Waals surface area (Å²) < 4.78 is 0. The van der Waals surface area contributed by atoms with Crippen LogP contribution in [0.2, 0.25) is 0 Å².